The Hall–Kier alpha value is -2.24. The number of rotatable bonds is 3. The summed E-state index contributed by atoms with van der Waals surface area (Å²) < 4.78 is 10.7. The van der Waals surface area contributed by atoms with Gasteiger partial charge in [-0.3, -0.25) is 0 Å². The molecule has 0 saturated carbocycles. The molecule has 6 heteroatoms. The van der Waals surface area contributed by atoms with E-state index < -0.39 is 11.6 Å². The van der Waals surface area contributed by atoms with Gasteiger partial charge in [-0.15, -0.1) is 0 Å². The van der Waals surface area contributed by atoms with E-state index in [2.05, 4.69) is 5.32 Å². The molecule has 1 aromatic carbocycles. The molecule has 2 amide bonds. The molecule has 1 atom stereocenters. The number of methoxy groups -OCH3 is 1. The first kappa shape index (κ1) is 18.1. The first-order chi connectivity index (χ1) is 11.3. The first-order valence-corrected chi connectivity index (χ1v) is 8.25. The molecule has 132 valence electrons. The van der Waals surface area contributed by atoms with E-state index in [0.717, 1.165) is 12.8 Å². The predicted molar refractivity (Wildman–Crippen MR) is 92.2 cm³/mol. The van der Waals surface area contributed by atoms with Gasteiger partial charge < -0.3 is 19.7 Å². The second-order valence-electron chi connectivity index (χ2n) is 6.87. The van der Waals surface area contributed by atoms with Crippen LogP contribution in [0.4, 0.5) is 10.5 Å². The van der Waals surface area contributed by atoms with Gasteiger partial charge in [0.2, 0.25) is 0 Å². The molecule has 1 aromatic rings. The lowest BCUT2D eigenvalue weighted by atomic mass is 10.0. The van der Waals surface area contributed by atoms with E-state index in [4.69, 9.17) is 9.47 Å². The maximum atomic E-state index is 12.7. The molecule has 2 rings (SSSR count). The summed E-state index contributed by atoms with van der Waals surface area (Å²) in [4.78, 5) is 26.7. The molecule has 0 unspecified atom stereocenters. The minimum absolute atomic E-state index is 0.310. The molecule has 1 aliphatic heterocycles. The summed E-state index contributed by atoms with van der Waals surface area (Å²) in [5.74, 6) is 0.231. The van der Waals surface area contributed by atoms with Gasteiger partial charge >= 0.3 is 12.0 Å². The number of piperidine rings is 1. The number of benzene rings is 1. The van der Waals surface area contributed by atoms with Crippen LogP contribution in [0.2, 0.25) is 0 Å². The highest BCUT2D eigenvalue weighted by molar-refractivity contribution is 5.94. The summed E-state index contributed by atoms with van der Waals surface area (Å²) in [5, 5.41) is 2.83. The van der Waals surface area contributed by atoms with Crippen molar-refractivity contribution in [3.05, 3.63) is 24.3 Å². The van der Waals surface area contributed by atoms with Crippen LogP contribution in [0, 0.1) is 0 Å². The van der Waals surface area contributed by atoms with Crippen LogP contribution < -0.4 is 10.1 Å². The Balaban J connectivity index is 2.11. The largest absolute Gasteiger partial charge is 0.495 e. The third kappa shape index (κ3) is 4.63. The Morgan fingerprint density at radius 1 is 1.21 bits per heavy atom. The molecule has 1 saturated heterocycles. The van der Waals surface area contributed by atoms with Crippen LogP contribution in [-0.2, 0) is 9.53 Å². The normalized spacial score (nSPS) is 18.0. The zero-order valence-electron chi connectivity index (χ0n) is 14.8. The number of hydrogen-bond acceptors (Lipinski definition) is 4. The number of para-hydroxylation sites is 2. The van der Waals surface area contributed by atoms with Gasteiger partial charge in [0, 0.05) is 6.54 Å². The van der Waals surface area contributed by atoms with Crippen molar-refractivity contribution in [1.29, 1.82) is 0 Å². The monoisotopic (exact) mass is 334 g/mol. The van der Waals surface area contributed by atoms with Crippen molar-refractivity contribution in [2.24, 2.45) is 0 Å². The van der Waals surface area contributed by atoms with Crippen LogP contribution in [0.15, 0.2) is 24.3 Å². The molecule has 1 heterocycles. The Morgan fingerprint density at radius 3 is 2.58 bits per heavy atom. The maximum Gasteiger partial charge on any atom is 0.329 e. The number of likely N-dealkylation sites (tertiary alicyclic amines) is 1. The smallest absolute Gasteiger partial charge is 0.329 e. The average Bonchev–Trinajstić information content (AvgIpc) is 2.53. The number of nitrogens with zero attached hydrogens (tertiary/aromatic N) is 1. The highest BCUT2D eigenvalue weighted by atomic mass is 16.6. The van der Waals surface area contributed by atoms with Crippen LogP contribution in [0.1, 0.15) is 40.0 Å². The van der Waals surface area contributed by atoms with E-state index in [1.807, 2.05) is 32.9 Å². The van der Waals surface area contributed by atoms with Crippen LogP contribution in [0.5, 0.6) is 5.75 Å². The second-order valence-corrected chi connectivity index (χ2v) is 6.87. The maximum absolute atomic E-state index is 12.7. The fourth-order valence-corrected chi connectivity index (χ4v) is 2.72. The Bertz CT molecular complexity index is 595. The van der Waals surface area contributed by atoms with Crippen LogP contribution in [0.3, 0.4) is 0 Å². The number of hydrogen-bond donors (Lipinski definition) is 1. The lowest BCUT2D eigenvalue weighted by Gasteiger charge is -2.35. The van der Waals surface area contributed by atoms with Crippen molar-refractivity contribution < 1.29 is 19.1 Å². The third-order valence-corrected chi connectivity index (χ3v) is 3.79. The zero-order valence-corrected chi connectivity index (χ0v) is 14.8. The van der Waals surface area contributed by atoms with E-state index in [9.17, 15) is 9.59 Å². The van der Waals surface area contributed by atoms with Crippen molar-refractivity contribution in [3.63, 3.8) is 0 Å². The molecule has 1 aliphatic rings. The van der Waals surface area contributed by atoms with Crippen molar-refractivity contribution in [1.82, 2.24) is 4.90 Å². The van der Waals surface area contributed by atoms with Gasteiger partial charge in [-0.05, 0) is 52.2 Å². The predicted octanol–water partition coefficient (Wildman–Crippen LogP) is 3.42. The quantitative estimate of drug-likeness (QED) is 0.860. The van der Waals surface area contributed by atoms with Crippen LogP contribution in [-0.4, -0.2) is 42.2 Å². The average molecular weight is 334 g/mol. The molecule has 0 aromatic heterocycles. The fraction of sp³-hybridized carbons (Fsp3) is 0.556. The van der Waals surface area contributed by atoms with Gasteiger partial charge in [0.05, 0.1) is 12.8 Å². The molecule has 6 nitrogen and oxygen atoms in total. The summed E-state index contributed by atoms with van der Waals surface area (Å²) in [5.41, 5.74) is 0.0118. The molecule has 0 radical (unpaired) electrons. The van der Waals surface area contributed by atoms with Crippen molar-refractivity contribution in [3.8, 4) is 5.75 Å². The number of amides is 2. The van der Waals surface area contributed by atoms with Gasteiger partial charge in [0.25, 0.3) is 0 Å². The molecule has 1 N–H and O–H groups in total. The number of ether oxygens (including phenoxy) is 2. The number of urea groups is 1. The topological polar surface area (TPSA) is 67.9 Å². The highest BCUT2D eigenvalue weighted by Crippen LogP contribution is 2.26. The van der Waals surface area contributed by atoms with Crippen molar-refractivity contribution >= 4 is 17.7 Å². The Morgan fingerprint density at radius 2 is 1.92 bits per heavy atom. The lowest BCUT2D eigenvalue weighted by molar-refractivity contribution is -0.161. The summed E-state index contributed by atoms with van der Waals surface area (Å²) in [7, 11) is 1.55. The second kappa shape index (κ2) is 7.55. The lowest BCUT2D eigenvalue weighted by Crippen LogP contribution is -2.51. The number of carbonyl (C=O) groups excluding carboxylic acids is 2. The molecule has 24 heavy (non-hydrogen) atoms. The third-order valence-electron chi connectivity index (χ3n) is 3.79. The van der Waals surface area contributed by atoms with Gasteiger partial charge in [0.1, 0.15) is 17.4 Å². The molecule has 0 aliphatic carbocycles. The van der Waals surface area contributed by atoms with Gasteiger partial charge in [-0.2, -0.15) is 0 Å². The molecule has 0 spiro atoms. The minimum Gasteiger partial charge on any atom is -0.495 e. The van der Waals surface area contributed by atoms with Crippen LogP contribution in [0.25, 0.3) is 0 Å². The van der Waals surface area contributed by atoms with Gasteiger partial charge in [-0.25, -0.2) is 9.59 Å². The van der Waals surface area contributed by atoms with Gasteiger partial charge in [-0.1, -0.05) is 12.1 Å². The number of nitrogens with one attached hydrogen (secondary N) is 1. The molecular weight excluding hydrogens is 308 g/mol. The Kier molecular flexibility index (Phi) is 5.70. The number of carbonyl (C=O) groups is 2. The summed E-state index contributed by atoms with van der Waals surface area (Å²) in [6.07, 6.45) is 2.40. The van der Waals surface area contributed by atoms with E-state index in [1.54, 1.807) is 24.1 Å². The first-order valence-electron chi connectivity index (χ1n) is 8.25. The minimum atomic E-state index is -0.570. The molecule has 1 fully saturated rings. The molecular formula is C18H26N2O4. The molecule has 0 bridgehead atoms. The van der Waals surface area contributed by atoms with E-state index >= 15 is 0 Å². The van der Waals surface area contributed by atoms with Crippen molar-refractivity contribution in [2.45, 2.75) is 51.7 Å². The van der Waals surface area contributed by atoms with E-state index in [1.165, 1.54) is 0 Å². The standard InChI is InChI=1S/C18H26N2O4/c1-18(2,3)24-16(21)14-10-7-8-12-20(14)17(22)19-13-9-5-6-11-15(13)23-4/h5-6,9,11,14H,7-8,10,12H2,1-4H3,(H,19,22)/t14-/m0/s1. The summed E-state index contributed by atoms with van der Waals surface area (Å²) >= 11 is 0. The number of anilines is 1. The van der Waals surface area contributed by atoms with Crippen molar-refractivity contribution in [2.75, 3.05) is 19.0 Å². The van der Waals surface area contributed by atoms with Gasteiger partial charge in [0.15, 0.2) is 0 Å². The number of esters is 1. The summed E-state index contributed by atoms with van der Waals surface area (Å²) in [6.45, 7) is 6.01. The zero-order chi connectivity index (χ0) is 17.7. The highest BCUT2D eigenvalue weighted by Gasteiger charge is 2.35. The SMILES string of the molecule is COc1ccccc1NC(=O)N1CCCC[C@H]1C(=O)OC(C)(C)C. The van der Waals surface area contributed by atoms with E-state index in [0.29, 0.717) is 24.4 Å². The van der Waals surface area contributed by atoms with Crippen LogP contribution >= 0.6 is 0 Å². The fourth-order valence-electron chi connectivity index (χ4n) is 2.72. The Labute approximate surface area is 143 Å². The van der Waals surface area contributed by atoms with E-state index in [-0.39, 0.29) is 12.0 Å². The summed E-state index contributed by atoms with van der Waals surface area (Å²) in [6, 6.07) is 6.33.